The molecule has 0 bridgehead atoms. The molecule has 0 saturated heterocycles. The molecule has 0 unspecified atom stereocenters. The molecule has 0 atom stereocenters. The van der Waals surface area contributed by atoms with Crippen molar-refractivity contribution in [3.8, 4) is 11.5 Å². The second-order valence-electron chi connectivity index (χ2n) is 4.20. The molecule has 0 saturated carbocycles. The van der Waals surface area contributed by atoms with E-state index in [9.17, 15) is 0 Å². The second kappa shape index (κ2) is 6.30. The minimum Gasteiger partial charge on any atom is -0.457 e. The second-order valence-corrected chi connectivity index (χ2v) is 4.60. The molecule has 0 amide bonds. The Labute approximate surface area is 122 Å². The number of hydrogen-bond donors (Lipinski definition) is 2. The van der Waals surface area contributed by atoms with Crippen LogP contribution >= 0.6 is 11.6 Å². The predicted octanol–water partition coefficient (Wildman–Crippen LogP) is 3.79. The standard InChI is InChI=1S/C15H15ClN2O2/c1-2-10-6-8-11(9-7-10)20-13-5-3-4-12(16)14(13)15(17)18-19/h3-9,19H,2H2,1H3,(H2,17,18). The predicted molar refractivity (Wildman–Crippen MR) is 79.9 cm³/mol. The smallest absolute Gasteiger partial charge is 0.175 e. The summed E-state index contributed by atoms with van der Waals surface area (Å²) in [5, 5.41) is 12.2. The molecule has 0 spiro atoms. The minimum atomic E-state index is -0.0872. The summed E-state index contributed by atoms with van der Waals surface area (Å²) in [6.07, 6.45) is 0.965. The summed E-state index contributed by atoms with van der Waals surface area (Å²) in [4.78, 5) is 0. The summed E-state index contributed by atoms with van der Waals surface area (Å²) in [6.45, 7) is 2.09. The molecule has 2 aromatic rings. The maximum Gasteiger partial charge on any atom is 0.175 e. The van der Waals surface area contributed by atoms with Crippen molar-refractivity contribution in [2.24, 2.45) is 10.9 Å². The molecule has 0 aromatic heterocycles. The maximum absolute atomic E-state index is 8.82. The highest BCUT2D eigenvalue weighted by Gasteiger charge is 2.13. The molecular formula is C15H15ClN2O2. The summed E-state index contributed by atoms with van der Waals surface area (Å²) in [6, 6.07) is 12.8. The molecule has 0 radical (unpaired) electrons. The Bertz CT molecular complexity index is 624. The van der Waals surface area contributed by atoms with Crippen LogP contribution in [0.1, 0.15) is 18.1 Å². The van der Waals surface area contributed by atoms with Crippen molar-refractivity contribution < 1.29 is 9.94 Å². The fourth-order valence-corrected chi connectivity index (χ4v) is 2.07. The van der Waals surface area contributed by atoms with Crippen LogP contribution in [0.5, 0.6) is 11.5 Å². The first-order chi connectivity index (χ1) is 9.65. The zero-order valence-corrected chi connectivity index (χ0v) is 11.8. The van der Waals surface area contributed by atoms with Crippen molar-refractivity contribution in [2.75, 3.05) is 0 Å². The van der Waals surface area contributed by atoms with Gasteiger partial charge in [0, 0.05) is 0 Å². The van der Waals surface area contributed by atoms with E-state index in [1.165, 1.54) is 5.56 Å². The summed E-state index contributed by atoms with van der Waals surface area (Å²) in [5.74, 6) is 1.02. The Kier molecular flexibility index (Phi) is 4.48. The third-order valence-corrected chi connectivity index (χ3v) is 3.21. The van der Waals surface area contributed by atoms with Crippen LogP contribution in [0.2, 0.25) is 5.02 Å². The maximum atomic E-state index is 8.82. The first kappa shape index (κ1) is 14.2. The van der Waals surface area contributed by atoms with Crippen LogP contribution < -0.4 is 10.5 Å². The third kappa shape index (κ3) is 3.03. The van der Waals surface area contributed by atoms with Gasteiger partial charge in [-0.2, -0.15) is 0 Å². The summed E-state index contributed by atoms with van der Waals surface area (Å²) < 4.78 is 5.76. The van der Waals surface area contributed by atoms with Gasteiger partial charge in [0.25, 0.3) is 0 Å². The first-order valence-corrected chi connectivity index (χ1v) is 6.56. The number of oxime groups is 1. The highest BCUT2D eigenvalue weighted by atomic mass is 35.5. The van der Waals surface area contributed by atoms with Crippen molar-refractivity contribution in [1.29, 1.82) is 0 Å². The molecule has 3 N–H and O–H groups in total. The number of hydrogen-bond acceptors (Lipinski definition) is 3. The van der Waals surface area contributed by atoms with Crippen LogP contribution in [0, 0.1) is 0 Å². The fourth-order valence-electron chi connectivity index (χ4n) is 1.81. The van der Waals surface area contributed by atoms with E-state index >= 15 is 0 Å². The topological polar surface area (TPSA) is 67.8 Å². The average Bonchev–Trinajstić information content (AvgIpc) is 2.47. The monoisotopic (exact) mass is 290 g/mol. The van der Waals surface area contributed by atoms with Gasteiger partial charge in [0.1, 0.15) is 11.5 Å². The number of ether oxygens (including phenoxy) is 1. The van der Waals surface area contributed by atoms with Gasteiger partial charge in [-0.05, 0) is 36.2 Å². The zero-order valence-electron chi connectivity index (χ0n) is 11.0. The number of nitrogens with zero attached hydrogens (tertiary/aromatic N) is 1. The van der Waals surface area contributed by atoms with Gasteiger partial charge in [-0.3, -0.25) is 0 Å². The number of benzene rings is 2. The Balaban J connectivity index is 2.35. The van der Waals surface area contributed by atoms with Crippen LogP contribution in [0.3, 0.4) is 0 Å². The Hall–Kier alpha value is -2.20. The molecule has 20 heavy (non-hydrogen) atoms. The van der Waals surface area contributed by atoms with Gasteiger partial charge >= 0.3 is 0 Å². The van der Waals surface area contributed by atoms with Gasteiger partial charge in [-0.15, -0.1) is 0 Å². The van der Waals surface area contributed by atoms with Crippen LogP contribution in [-0.4, -0.2) is 11.0 Å². The largest absolute Gasteiger partial charge is 0.457 e. The van der Waals surface area contributed by atoms with E-state index in [2.05, 4.69) is 12.1 Å². The Morgan fingerprint density at radius 1 is 1.25 bits per heavy atom. The fraction of sp³-hybridized carbons (Fsp3) is 0.133. The van der Waals surface area contributed by atoms with Crippen molar-refractivity contribution in [2.45, 2.75) is 13.3 Å². The average molecular weight is 291 g/mol. The summed E-state index contributed by atoms with van der Waals surface area (Å²) in [7, 11) is 0. The molecule has 4 nitrogen and oxygen atoms in total. The van der Waals surface area contributed by atoms with E-state index in [1.54, 1.807) is 18.2 Å². The molecule has 2 rings (SSSR count). The number of aryl methyl sites for hydroxylation is 1. The van der Waals surface area contributed by atoms with E-state index in [1.807, 2.05) is 24.3 Å². The quantitative estimate of drug-likeness (QED) is 0.389. The van der Waals surface area contributed by atoms with Crippen LogP contribution in [0.4, 0.5) is 0 Å². The highest BCUT2D eigenvalue weighted by molar-refractivity contribution is 6.34. The highest BCUT2D eigenvalue weighted by Crippen LogP contribution is 2.30. The normalized spacial score (nSPS) is 11.4. The molecule has 0 heterocycles. The van der Waals surface area contributed by atoms with Crippen molar-refractivity contribution >= 4 is 17.4 Å². The van der Waals surface area contributed by atoms with Crippen LogP contribution in [-0.2, 0) is 6.42 Å². The van der Waals surface area contributed by atoms with Crippen molar-refractivity contribution in [3.63, 3.8) is 0 Å². The molecule has 2 aromatic carbocycles. The SMILES string of the molecule is CCc1ccc(Oc2cccc(Cl)c2C(N)=NO)cc1. The minimum absolute atomic E-state index is 0.0872. The van der Waals surface area contributed by atoms with Gasteiger partial charge in [0.2, 0.25) is 0 Å². The van der Waals surface area contributed by atoms with Crippen LogP contribution in [0.15, 0.2) is 47.6 Å². The lowest BCUT2D eigenvalue weighted by Crippen LogP contribution is -2.14. The third-order valence-electron chi connectivity index (χ3n) is 2.90. The zero-order chi connectivity index (χ0) is 14.5. The van der Waals surface area contributed by atoms with Crippen molar-refractivity contribution in [3.05, 3.63) is 58.6 Å². The lowest BCUT2D eigenvalue weighted by Gasteiger charge is -2.11. The van der Waals surface area contributed by atoms with E-state index < -0.39 is 0 Å². The van der Waals surface area contributed by atoms with E-state index in [-0.39, 0.29) is 5.84 Å². The lowest BCUT2D eigenvalue weighted by molar-refractivity contribution is 0.318. The molecular weight excluding hydrogens is 276 g/mol. The lowest BCUT2D eigenvalue weighted by atomic mass is 10.1. The van der Waals surface area contributed by atoms with Gasteiger partial charge in [-0.1, -0.05) is 41.9 Å². The van der Waals surface area contributed by atoms with Crippen LogP contribution in [0.25, 0.3) is 0 Å². The molecule has 104 valence electrons. The molecule has 0 aliphatic carbocycles. The summed E-state index contributed by atoms with van der Waals surface area (Å²) in [5.41, 5.74) is 7.22. The van der Waals surface area contributed by atoms with Gasteiger partial charge < -0.3 is 15.7 Å². The Morgan fingerprint density at radius 3 is 2.55 bits per heavy atom. The van der Waals surface area contributed by atoms with E-state index in [0.29, 0.717) is 22.1 Å². The van der Waals surface area contributed by atoms with Gasteiger partial charge in [0.15, 0.2) is 5.84 Å². The molecule has 5 heteroatoms. The Morgan fingerprint density at radius 2 is 1.95 bits per heavy atom. The number of amidine groups is 1. The molecule has 0 aliphatic heterocycles. The van der Waals surface area contributed by atoms with E-state index in [4.69, 9.17) is 27.3 Å². The number of rotatable bonds is 4. The van der Waals surface area contributed by atoms with E-state index in [0.717, 1.165) is 6.42 Å². The van der Waals surface area contributed by atoms with Crippen molar-refractivity contribution in [1.82, 2.24) is 0 Å². The number of nitrogens with two attached hydrogens (primary N) is 1. The van der Waals surface area contributed by atoms with Gasteiger partial charge in [-0.25, -0.2) is 0 Å². The number of halogens is 1. The first-order valence-electron chi connectivity index (χ1n) is 6.19. The van der Waals surface area contributed by atoms with Gasteiger partial charge in [0.05, 0.1) is 10.6 Å². The molecule has 0 aliphatic rings. The summed E-state index contributed by atoms with van der Waals surface area (Å²) >= 11 is 6.06. The molecule has 0 fully saturated rings.